The molecule has 2 aromatic carbocycles. The first-order chi connectivity index (χ1) is 10.2. The number of hydrogen-bond acceptors (Lipinski definition) is 3. The molecule has 0 fully saturated rings. The Morgan fingerprint density at radius 3 is 2.19 bits per heavy atom. The first-order valence-electron chi connectivity index (χ1n) is 7.31. The molecule has 0 saturated carbocycles. The first-order valence-corrected chi connectivity index (χ1v) is 7.31. The number of rotatable bonds is 7. The summed E-state index contributed by atoms with van der Waals surface area (Å²) in [4.78, 5) is 0. The van der Waals surface area contributed by atoms with E-state index >= 15 is 0 Å². The first kappa shape index (κ1) is 15.5. The van der Waals surface area contributed by atoms with Crippen molar-refractivity contribution in [3.05, 3.63) is 60.2 Å². The maximum Gasteiger partial charge on any atom is 0.127 e. The van der Waals surface area contributed by atoms with E-state index in [-0.39, 0.29) is 6.61 Å². The van der Waals surface area contributed by atoms with Gasteiger partial charge in [-0.15, -0.1) is 0 Å². The molecule has 0 aliphatic carbocycles. The second-order valence-electron chi connectivity index (χ2n) is 5.35. The fourth-order valence-corrected chi connectivity index (χ4v) is 2.24. The minimum atomic E-state index is -0.502. The van der Waals surface area contributed by atoms with Gasteiger partial charge in [0.05, 0.1) is 6.10 Å². The number of aliphatic hydroxyl groups excluding tert-OH is 2. The lowest BCUT2D eigenvalue weighted by Crippen LogP contribution is -2.06. The highest BCUT2D eigenvalue weighted by atomic mass is 16.5. The summed E-state index contributed by atoms with van der Waals surface area (Å²) >= 11 is 0. The molecule has 0 spiro atoms. The van der Waals surface area contributed by atoms with Crippen LogP contribution in [0.1, 0.15) is 31.4 Å². The van der Waals surface area contributed by atoms with Gasteiger partial charge in [0.25, 0.3) is 0 Å². The summed E-state index contributed by atoms with van der Waals surface area (Å²) in [5.74, 6) is 1.84. The van der Waals surface area contributed by atoms with E-state index in [9.17, 15) is 5.11 Å². The average molecular weight is 286 g/mol. The van der Waals surface area contributed by atoms with Crippen LogP contribution in [0, 0.1) is 5.92 Å². The third kappa shape index (κ3) is 4.88. The lowest BCUT2D eigenvalue weighted by molar-refractivity contribution is 0.137. The summed E-state index contributed by atoms with van der Waals surface area (Å²) in [5, 5.41) is 19.1. The standard InChI is InChI=1S/C18H22O3/c1-14(11-12-19)13-18(20)15-7-9-17(10-8-15)21-16-5-3-2-4-6-16/h2-10,14,18-20H,11-13H2,1H3. The summed E-state index contributed by atoms with van der Waals surface area (Å²) in [6, 6.07) is 17.1. The minimum Gasteiger partial charge on any atom is -0.457 e. The molecule has 3 heteroatoms. The molecule has 112 valence electrons. The van der Waals surface area contributed by atoms with E-state index < -0.39 is 6.10 Å². The van der Waals surface area contributed by atoms with E-state index in [2.05, 4.69) is 0 Å². The third-order valence-electron chi connectivity index (χ3n) is 3.49. The highest BCUT2D eigenvalue weighted by Crippen LogP contribution is 2.26. The van der Waals surface area contributed by atoms with Gasteiger partial charge in [-0.1, -0.05) is 37.3 Å². The van der Waals surface area contributed by atoms with Gasteiger partial charge in [0.1, 0.15) is 11.5 Å². The second-order valence-corrected chi connectivity index (χ2v) is 5.35. The molecule has 2 N–H and O–H groups in total. The Balaban J connectivity index is 1.95. The molecule has 0 aromatic heterocycles. The van der Waals surface area contributed by atoms with Crippen molar-refractivity contribution in [2.45, 2.75) is 25.9 Å². The zero-order chi connectivity index (χ0) is 15.1. The van der Waals surface area contributed by atoms with Crippen molar-refractivity contribution in [2.24, 2.45) is 5.92 Å². The summed E-state index contributed by atoms with van der Waals surface area (Å²) in [5.41, 5.74) is 0.875. The normalized spacial score (nSPS) is 13.7. The molecule has 0 amide bonds. The number of aliphatic hydroxyl groups is 2. The van der Waals surface area contributed by atoms with Gasteiger partial charge in [-0.05, 0) is 48.6 Å². The molecular formula is C18H22O3. The van der Waals surface area contributed by atoms with Crippen molar-refractivity contribution in [3.63, 3.8) is 0 Å². The molecule has 2 unspecified atom stereocenters. The molecule has 21 heavy (non-hydrogen) atoms. The highest BCUT2D eigenvalue weighted by Gasteiger charge is 2.12. The van der Waals surface area contributed by atoms with E-state index in [0.717, 1.165) is 17.1 Å². The van der Waals surface area contributed by atoms with Crippen LogP contribution in [0.5, 0.6) is 11.5 Å². The van der Waals surface area contributed by atoms with Crippen molar-refractivity contribution in [1.82, 2.24) is 0 Å². The third-order valence-corrected chi connectivity index (χ3v) is 3.49. The Bertz CT molecular complexity index is 522. The smallest absolute Gasteiger partial charge is 0.127 e. The molecule has 0 aliphatic heterocycles. The van der Waals surface area contributed by atoms with Crippen molar-refractivity contribution in [3.8, 4) is 11.5 Å². The Morgan fingerprint density at radius 1 is 0.952 bits per heavy atom. The van der Waals surface area contributed by atoms with Crippen LogP contribution in [0.2, 0.25) is 0 Å². The zero-order valence-corrected chi connectivity index (χ0v) is 12.3. The Morgan fingerprint density at radius 2 is 1.57 bits per heavy atom. The molecule has 2 atom stereocenters. The maximum atomic E-state index is 10.2. The number of hydrogen-bond donors (Lipinski definition) is 2. The minimum absolute atomic E-state index is 0.164. The number of benzene rings is 2. The van der Waals surface area contributed by atoms with Gasteiger partial charge in [-0.25, -0.2) is 0 Å². The molecule has 2 rings (SSSR count). The molecule has 0 saturated heterocycles. The summed E-state index contributed by atoms with van der Waals surface area (Å²) in [6.45, 7) is 2.20. The number of para-hydroxylation sites is 1. The molecule has 0 aliphatic rings. The summed E-state index contributed by atoms with van der Waals surface area (Å²) < 4.78 is 5.72. The molecule has 0 heterocycles. The largest absolute Gasteiger partial charge is 0.457 e. The van der Waals surface area contributed by atoms with Crippen molar-refractivity contribution in [1.29, 1.82) is 0 Å². The topological polar surface area (TPSA) is 49.7 Å². The lowest BCUT2D eigenvalue weighted by atomic mass is 9.96. The van der Waals surface area contributed by atoms with Gasteiger partial charge in [-0.2, -0.15) is 0 Å². The fourth-order valence-electron chi connectivity index (χ4n) is 2.24. The highest BCUT2D eigenvalue weighted by molar-refractivity contribution is 5.33. The predicted molar refractivity (Wildman–Crippen MR) is 83.4 cm³/mol. The Labute approximate surface area is 125 Å². The van der Waals surface area contributed by atoms with Gasteiger partial charge in [0, 0.05) is 6.61 Å². The lowest BCUT2D eigenvalue weighted by Gasteiger charge is -2.16. The van der Waals surface area contributed by atoms with Gasteiger partial charge >= 0.3 is 0 Å². The van der Waals surface area contributed by atoms with E-state index in [0.29, 0.717) is 18.8 Å². The summed E-state index contributed by atoms with van der Waals surface area (Å²) in [7, 11) is 0. The maximum absolute atomic E-state index is 10.2. The SMILES string of the molecule is CC(CCO)CC(O)c1ccc(Oc2ccccc2)cc1. The molecule has 0 bridgehead atoms. The fraction of sp³-hybridized carbons (Fsp3) is 0.333. The molecule has 2 aromatic rings. The molecule has 0 radical (unpaired) electrons. The van der Waals surface area contributed by atoms with Crippen LogP contribution < -0.4 is 4.74 Å². The predicted octanol–water partition coefficient (Wildman–Crippen LogP) is 3.92. The quantitative estimate of drug-likeness (QED) is 0.811. The van der Waals surface area contributed by atoms with Crippen molar-refractivity contribution >= 4 is 0 Å². The Hall–Kier alpha value is -1.84. The average Bonchev–Trinajstić information content (AvgIpc) is 2.49. The van der Waals surface area contributed by atoms with E-state index in [4.69, 9.17) is 9.84 Å². The Kier molecular flexibility index (Phi) is 5.78. The van der Waals surface area contributed by atoms with Crippen molar-refractivity contribution in [2.75, 3.05) is 6.61 Å². The van der Waals surface area contributed by atoms with Gasteiger partial charge in [-0.3, -0.25) is 0 Å². The van der Waals surface area contributed by atoms with Gasteiger partial charge < -0.3 is 14.9 Å². The second kappa shape index (κ2) is 7.81. The van der Waals surface area contributed by atoms with Crippen molar-refractivity contribution < 1.29 is 14.9 Å². The molecule has 3 nitrogen and oxygen atoms in total. The van der Waals surface area contributed by atoms with Crippen LogP contribution in [0.15, 0.2) is 54.6 Å². The monoisotopic (exact) mass is 286 g/mol. The van der Waals surface area contributed by atoms with Crippen LogP contribution in [0.25, 0.3) is 0 Å². The van der Waals surface area contributed by atoms with E-state index in [1.54, 1.807) is 0 Å². The van der Waals surface area contributed by atoms with Crippen LogP contribution >= 0.6 is 0 Å². The molecular weight excluding hydrogens is 264 g/mol. The number of ether oxygens (including phenoxy) is 1. The van der Waals surface area contributed by atoms with E-state index in [1.807, 2.05) is 61.5 Å². The van der Waals surface area contributed by atoms with Crippen LogP contribution in [0.4, 0.5) is 0 Å². The summed E-state index contributed by atoms with van der Waals surface area (Å²) in [6.07, 6.45) is 0.864. The van der Waals surface area contributed by atoms with E-state index in [1.165, 1.54) is 0 Å². The van der Waals surface area contributed by atoms with Crippen LogP contribution in [0.3, 0.4) is 0 Å². The van der Waals surface area contributed by atoms with Crippen LogP contribution in [-0.4, -0.2) is 16.8 Å². The van der Waals surface area contributed by atoms with Gasteiger partial charge in [0.2, 0.25) is 0 Å². The van der Waals surface area contributed by atoms with Crippen LogP contribution in [-0.2, 0) is 0 Å². The zero-order valence-electron chi connectivity index (χ0n) is 12.3. The van der Waals surface area contributed by atoms with Gasteiger partial charge in [0.15, 0.2) is 0 Å².